The monoisotopic (exact) mass is 295 g/mol. The maximum atomic E-state index is 6.07. The van der Waals surface area contributed by atoms with Crippen LogP contribution in [-0.2, 0) is 0 Å². The normalized spacial score (nSPS) is 22.9. The zero-order valence-corrected chi connectivity index (χ0v) is 13.5. The minimum absolute atomic E-state index is 0.582. The van der Waals surface area contributed by atoms with Gasteiger partial charge in [-0.15, -0.1) is 0 Å². The molecule has 3 heteroatoms. The van der Waals surface area contributed by atoms with Gasteiger partial charge in [-0.05, 0) is 43.2 Å². The van der Waals surface area contributed by atoms with Gasteiger partial charge >= 0.3 is 0 Å². The highest BCUT2D eigenvalue weighted by Crippen LogP contribution is 2.33. The second-order valence-electron chi connectivity index (χ2n) is 6.35. The Labute approximate surface area is 127 Å². The number of methoxy groups -OCH3 is 1. The third kappa shape index (κ3) is 4.31. The van der Waals surface area contributed by atoms with Crippen LogP contribution in [0.5, 0.6) is 5.75 Å². The molecule has 0 aliphatic heterocycles. The minimum Gasteiger partial charge on any atom is -0.495 e. The van der Waals surface area contributed by atoms with Crippen LogP contribution in [0.25, 0.3) is 0 Å². The van der Waals surface area contributed by atoms with Gasteiger partial charge in [0.2, 0.25) is 0 Å². The van der Waals surface area contributed by atoms with Crippen LogP contribution in [0.2, 0.25) is 5.02 Å². The fourth-order valence-corrected chi connectivity index (χ4v) is 3.48. The minimum atomic E-state index is 0.582. The molecular formula is C17H26ClNO. The first-order chi connectivity index (χ1) is 9.58. The number of nitrogens with one attached hydrogen (secondary N) is 1. The van der Waals surface area contributed by atoms with Crippen LogP contribution in [0.1, 0.15) is 46.0 Å². The van der Waals surface area contributed by atoms with E-state index in [0.29, 0.717) is 11.1 Å². The van der Waals surface area contributed by atoms with E-state index in [0.717, 1.165) is 23.3 Å². The highest BCUT2D eigenvalue weighted by atomic mass is 35.5. The number of benzene rings is 1. The second kappa shape index (κ2) is 7.21. The largest absolute Gasteiger partial charge is 0.495 e. The molecule has 20 heavy (non-hydrogen) atoms. The Morgan fingerprint density at radius 1 is 1.35 bits per heavy atom. The average Bonchev–Trinajstić information content (AvgIpc) is 2.40. The third-order valence-electron chi connectivity index (χ3n) is 4.11. The van der Waals surface area contributed by atoms with E-state index in [1.165, 1.54) is 32.1 Å². The van der Waals surface area contributed by atoms with Gasteiger partial charge in [0.05, 0.1) is 12.1 Å². The van der Waals surface area contributed by atoms with E-state index >= 15 is 0 Å². The van der Waals surface area contributed by atoms with E-state index in [2.05, 4.69) is 19.2 Å². The summed E-state index contributed by atoms with van der Waals surface area (Å²) in [6.07, 6.45) is 6.62. The van der Waals surface area contributed by atoms with Gasteiger partial charge in [-0.2, -0.15) is 0 Å². The Morgan fingerprint density at radius 3 is 2.85 bits per heavy atom. The Kier molecular flexibility index (Phi) is 5.59. The number of anilines is 1. The molecule has 0 saturated heterocycles. The fraction of sp³-hybridized carbons (Fsp3) is 0.647. The van der Waals surface area contributed by atoms with Crippen molar-refractivity contribution in [1.82, 2.24) is 0 Å². The van der Waals surface area contributed by atoms with Crippen molar-refractivity contribution in [2.24, 2.45) is 11.8 Å². The molecule has 1 N–H and O–H groups in total. The summed E-state index contributed by atoms with van der Waals surface area (Å²) in [5, 5.41) is 4.31. The summed E-state index contributed by atoms with van der Waals surface area (Å²) >= 11 is 6.07. The van der Waals surface area contributed by atoms with Crippen molar-refractivity contribution in [3.8, 4) is 5.75 Å². The molecule has 1 aliphatic carbocycles. The number of rotatable bonds is 5. The van der Waals surface area contributed by atoms with Gasteiger partial charge in [-0.3, -0.25) is 0 Å². The molecule has 2 atom stereocenters. The lowest BCUT2D eigenvalue weighted by molar-refractivity contribution is 0.289. The molecule has 1 fully saturated rings. The number of hydrogen-bond acceptors (Lipinski definition) is 2. The zero-order valence-electron chi connectivity index (χ0n) is 12.8. The summed E-state index contributed by atoms with van der Waals surface area (Å²) < 4.78 is 5.28. The Hall–Kier alpha value is -0.890. The van der Waals surface area contributed by atoms with Gasteiger partial charge in [0.15, 0.2) is 0 Å². The van der Waals surface area contributed by atoms with Crippen LogP contribution in [0.4, 0.5) is 5.69 Å². The maximum absolute atomic E-state index is 6.07. The van der Waals surface area contributed by atoms with Crippen molar-refractivity contribution in [2.45, 2.75) is 52.0 Å². The molecule has 1 aromatic carbocycles. The summed E-state index contributed by atoms with van der Waals surface area (Å²) in [7, 11) is 1.66. The van der Waals surface area contributed by atoms with Gasteiger partial charge in [0.25, 0.3) is 0 Å². The van der Waals surface area contributed by atoms with E-state index < -0.39 is 0 Å². The van der Waals surface area contributed by atoms with Crippen LogP contribution in [-0.4, -0.2) is 13.2 Å². The standard InChI is InChI=1S/C17H26ClNO/c1-12(2)9-13-5-4-6-14(10-13)19-15-7-8-16(18)17(11-15)20-3/h7-8,11-14,19H,4-6,9-10H2,1-3H3. The average molecular weight is 296 g/mol. The van der Waals surface area contributed by atoms with Crippen LogP contribution < -0.4 is 10.1 Å². The summed E-state index contributed by atoms with van der Waals surface area (Å²) in [6, 6.07) is 6.51. The first-order valence-electron chi connectivity index (χ1n) is 7.68. The first-order valence-corrected chi connectivity index (χ1v) is 8.06. The number of ether oxygens (including phenoxy) is 1. The molecule has 0 amide bonds. The van der Waals surface area contributed by atoms with E-state index in [1.54, 1.807) is 7.11 Å². The van der Waals surface area contributed by atoms with Gasteiger partial charge < -0.3 is 10.1 Å². The van der Waals surface area contributed by atoms with Gasteiger partial charge in [-0.25, -0.2) is 0 Å². The molecule has 0 radical (unpaired) electrons. The number of halogens is 1. The van der Waals surface area contributed by atoms with Crippen molar-refractivity contribution in [1.29, 1.82) is 0 Å². The zero-order chi connectivity index (χ0) is 14.5. The molecule has 0 spiro atoms. The second-order valence-corrected chi connectivity index (χ2v) is 6.76. The summed E-state index contributed by atoms with van der Waals surface area (Å²) in [5.74, 6) is 2.41. The Balaban J connectivity index is 1.95. The van der Waals surface area contributed by atoms with Gasteiger partial charge in [0, 0.05) is 17.8 Å². The van der Waals surface area contributed by atoms with Crippen LogP contribution in [0.15, 0.2) is 18.2 Å². The number of hydrogen-bond donors (Lipinski definition) is 1. The van der Waals surface area contributed by atoms with Crippen molar-refractivity contribution >= 4 is 17.3 Å². The first kappa shape index (κ1) is 15.5. The lowest BCUT2D eigenvalue weighted by Crippen LogP contribution is -2.27. The highest BCUT2D eigenvalue weighted by Gasteiger charge is 2.22. The van der Waals surface area contributed by atoms with Gasteiger partial charge in [0.1, 0.15) is 5.75 Å². The highest BCUT2D eigenvalue weighted by molar-refractivity contribution is 6.32. The van der Waals surface area contributed by atoms with E-state index in [9.17, 15) is 0 Å². The topological polar surface area (TPSA) is 21.3 Å². The Bertz CT molecular complexity index is 433. The molecule has 0 aromatic heterocycles. The van der Waals surface area contributed by atoms with E-state index in [-0.39, 0.29) is 0 Å². The van der Waals surface area contributed by atoms with Crippen LogP contribution in [0.3, 0.4) is 0 Å². The van der Waals surface area contributed by atoms with Crippen LogP contribution >= 0.6 is 11.6 Å². The maximum Gasteiger partial charge on any atom is 0.139 e. The molecule has 1 aromatic rings. The van der Waals surface area contributed by atoms with Crippen molar-refractivity contribution in [3.63, 3.8) is 0 Å². The molecule has 112 valence electrons. The Morgan fingerprint density at radius 2 is 2.15 bits per heavy atom. The van der Waals surface area contributed by atoms with Crippen molar-refractivity contribution in [3.05, 3.63) is 23.2 Å². The smallest absolute Gasteiger partial charge is 0.139 e. The molecule has 2 rings (SSSR count). The summed E-state index contributed by atoms with van der Waals surface area (Å²) in [6.45, 7) is 4.64. The van der Waals surface area contributed by atoms with Crippen molar-refractivity contribution in [2.75, 3.05) is 12.4 Å². The predicted molar refractivity (Wildman–Crippen MR) is 86.8 cm³/mol. The molecule has 1 aliphatic rings. The molecule has 2 unspecified atom stereocenters. The van der Waals surface area contributed by atoms with E-state index in [4.69, 9.17) is 16.3 Å². The lowest BCUT2D eigenvalue weighted by Gasteiger charge is -2.31. The molecule has 1 saturated carbocycles. The fourth-order valence-electron chi connectivity index (χ4n) is 3.29. The third-order valence-corrected chi connectivity index (χ3v) is 4.42. The van der Waals surface area contributed by atoms with E-state index in [1.807, 2.05) is 18.2 Å². The molecule has 0 heterocycles. The summed E-state index contributed by atoms with van der Waals surface area (Å²) in [5.41, 5.74) is 1.11. The summed E-state index contributed by atoms with van der Waals surface area (Å²) in [4.78, 5) is 0. The molecule has 2 nitrogen and oxygen atoms in total. The molecular weight excluding hydrogens is 270 g/mol. The van der Waals surface area contributed by atoms with Crippen molar-refractivity contribution < 1.29 is 4.74 Å². The van der Waals surface area contributed by atoms with Gasteiger partial charge in [-0.1, -0.05) is 38.3 Å². The quantitative estimate of drug-likeness (QED) is 0.789. The van der Waals surface area contributed by atoms with Crippen LogP contribution in [0, 0.1) is 11.8 Å². The predicted octanol–water partition coefficient (Wildman–Crippen LogP) is 5.37. The SMILES string of the molecule is COc1cc(NC2CCCC(CC(C)C)C2)ccc1Cl. The lowest BCUT2D eigenvalue weighted by atomic mass is 9.81. The molecule has 0 bridgehead atoms.